The molecule has 2 aromatic rings. The first-order valence-electron chi connectivity index (χ1n) is 9.77. The molecule has 7 nitrogen and oxygen atoms in total. The van der Waals surface area contributed by atoms with Gasteiger partial charge in [0.2, 0.25) is 5.91 Å². The fraction of sp³-hybridized carbons (Fsp3) is 0.524. The number of unbranched alkanes of at least 4 members (excludes halogenated alkanes) is 1. The molecule has 0 spiro atoms. The van der Waals surface area contributed by atoms with Crippen LogP contribution >= 0.6 is 11.8 Å². The van der Waals surface area contributed by atoms with E-state index in [4.69, 9.17) is 4.74 Å². The Morgan fingerprint density at radius 2 is 2.03 bits per heavy atom. The molecule has 0 aliphatic rings. The van der Waals surface area contributed by atoms with Crippen LogP contribution < -0.4 is 10.1 Å². The third kappa shape index (κ3) is 5.73. The minimum absolute atomic E-state index is 0.0105. The molecule has 0 bridgehead atoms. The van der Waals surface area contributed by atoms with Gasteiger partial charge in [0.25, 0.3) is 0 Å². The Kier molecular flexibility index (Phi) is 8.09. The Bertz CT molecular complexity index is 857. The molecular formula is C21H29N5O2S. The van der Waals surface area contributed by atoms with Crippen molar-refractivity contribution in [1.29, 1.82) is 5.26 Å². The summed E-state index contributed by atoms with van der Waals surface area (Å²) in [5.41, 5.74) is 0.0597. The van der Waals surface area contributed by atoms with E-state index >= 15 is 0 Å². The number of nitriles is 1. The minimum atomic E-state index is -0.887. The molecule has 0 saturated carbocycles. The number of benzene rings is 1. The fourth-order valence-electron chi connectivity index (χ4n) is 2.62. The molecule has 1 heterocycles. The van der Waals surface area contributed by atoms with Crippen molar-refractivity contribution in [2.45, 2.75) is 57.8 Å². The highest BCUT2D eigenvalue weighted by Gasteiger charge is 2.30. The van der Waals surface area contributed by atoms with Crippen LogP contribution in [0.15, 0.2) is 29.4 Å². The standard InChI is InChI=1S/C21H29N5O2S/c1-6-7-12-26-19(16-8-10-17(28-5)11-9-16)24-25-20(26)29-13-18(27)23-21(4,14-22)15(2)3/h8-11,15H,6-7,12-13H2,1-5H3,(H,23,27)/t21-/m0/s1. The summed E-state index contributed by atoms with van der Waals surface area (Å²) < 4.78 is 7.27. The van der Waals surface area contributed by atoms with Gasteiger partial charge in [0.05, 0.1) is 18.9 Å². The summed E-state index contributed by atoms with van der Waals surface area (Å²) >= 11 is 1.33. The zero-order valence-corrected chi connectivity index (χ0v) is 18.5. The molecule has 0 fully saturated rings. The quantitative estimate of drug-likeness (QED) is 0.592. The normalized spacial score (nSPS) is 13.0. The van der Waals surface area contributed by atoms with Crippen LogP contribution in [0.5, 0.6) is 5.75 Å². The van der Waals surface area contributed by atoms with Crippen LogP contribution in [0, 0.1) is 17.2 Å². The van der Waals surface area contributed by atoms with Gasteiger partial charge in [-0.15, -0.1) is 10.2 Å². The number of thioether (sulfide) groups is 1. The predicted molar refractivity (Wildman–Crippen MR) is 115 cm³/mol. The first kappa shape index (κ1) is 22.8. The maximum atomic E-state index is 12.4. The number of rotatable bonds is 10. The van der Waals surface area contributed by atoms with E-state index in [0.29, 0.717) is 5.16 Å². The lowest BCUT2D eigenvalue weighted by Gasteiger charge is -2.27. The topological polar surface area (TPSA) is 92.8 Å². The Hall–Kier alpha value is -2.53. The highest BCUT2D eigenvalue weighted by molar-refractivity contribution is 7.99. The van der Waals surface area contributed by atoms with Gasteiger partial charge in [-0.2, -0.15) is 5.26 Å². The van der Waals surface area contributed by atoms with Crippen LogP contribution in [-0.4, -0.2) is 39.1 Å². The van der Waals surface area contributed by atoms with Crippen molar-refractivity contribution >= 4 is 17.7 Å². The Balaban J connectivity index is 2.17. The number of hydrogen-bond donors (Lipinski definition) is 1. The van der Waals surface area contributed by atoms with Crippen LogP contribution in [0.1, 0.15) is 40.5 Å². The van der Waals surface area contributed by atoms with E-state index in [9.17, 15) is 10.1 Å². The lowest BCUT2D eigenvalue weighted by Crippen LogP contribution is -2.49. The van der Waals surface area contributed by atoms with E-state index in [1.54, 1.807) is 14.0 Å². The van der Waals surface area contributed by atoms with E-state index < -0.39 is 5.54 Å². The number of carbonyl (C=O) groups excluding carboxylic acids is 1. The predicted octanol–water partition coefficient (Wildman–Crippen LogP) is 3.90. The van der Waals surface area contributed by atoms with Crippen molar-refractivity contribution in [3.8, 4) is 23.2 Å². The van der Waals surface area contributed by atoms with Gasteiger partial charge in [-0.3, -0.25) is 4.79 Å². The lowest BCUT2D eigenvalue weighted by molar-refractivity contribution is -0.120. The number of carbonyl (C=O) groups is 1. The number of aromatic nitrogens is 3. The molecule has 0 saturated heterocycles. The van der Waals surface area contributed by atoms with Crippen LogP contribution in [0.25, 0.3) is 11.4 Å². The van der Waals surface area contributed by atoms with Gasteiger partial charge in [0.1, 0.15) is 11.3 Å². The molecule has 0 aliphatic heterocycles. The van der Waals surface area contributed by atoms with Gasteiger partial charge in [0, 0.05) is 12.1 Å². The van der Waals surface area contributed by atoms with Crippen LogP contribution in [0.4, 0.5) is 0 Å². The summed E-state index contributed by atoms with van der Waals surface area (Å²) in [6, 6.07) is 9.88. The van der Waals surface area contributed by atoms with E-state index in [0.717, 1.165) is 36.5 Å². The fourth-order valence-corrected chi connectivity index (χ4v) is 3.39. The smallest absolute Gasteiger partial charge is 0.231 e. The number of hydrogen-bond acceptors (Lipinski definition) is 6. The average Bonchev–Trinajstić information content (AvgIpc) is 3.13. The van der Waals surface area contributed by atoms with E-state index in [1.807, 2.05) is 38.1 Å². The van der Waals surface area contributed by atoms with Crippen molar-refractivity contribution in [1.82, 2.24) is 20.1 Å². The van der Waals surface area contributed by atoms with Crippen LogP contribution in [0.3, 0.4) is 0 Å². The maximum Gasteiger partial charge on any atom is 0.231 e. The summed E-state index contributed by atoms with van der Waals surface area (Å²) in [5.74, 6) is 1.55. The number of methoxy groups -OCH3 is 1. The second-order valence-electron chi connectivity index (χ2n) is 7.35. The molecule has 1 amide bonds. The molecule has 8 heteroatoms. The van der Waals surface area contributed by atoms with Crippen molar-refractivity contribution in [3.63, 3.8) is 0 Å². The highest BCUT2D eigenvalue weighted by Crippen LogP contribution is 2.26. The van der Waals surface area contributed by atoms with Gasteiger partial charge in [-0.25, -0.2) is 0 Å². The first-order valence-corrected chi connectivity index (χ1v) is 10.8. The molecule has 156 valence electrons. The molecule has 1 atom stereocenters. The number of nitrogens with one attached hydrogen (secondary N) is 1. The molecule has 2 rings (SSSR count). The first-order chi connectivity index (χ1) is 13.8. The third-order valence-corrected chi connectivity index (χ3v) is 5.89. The van der Waals surface area contributed by atoms with Gasteiger partial charge in [-0.1, -0.05) is 39.0 Å². The number of amides is 1. The second kappa shape index (κ2) is 10.3. The summed E-state index contributed by atoms with van der Waals surface area (Å²) in [7, 11) is 1.63. The van der Waals surface area contributed by atoms with Gasteiger partial charge < -0.3 is 14.6 Å². The lowest BCUT2D eigenvalue weighted by atomic mass is 9.90. The average molecular weight is 416 g/mol. The number of ether oxygens (including phenoxy) is 1. The van der Waals surface area contributed by atoms with Gasteiger partial charge >= 0.3 is 0 Å². The summed E-state index contributed by atoms with van der Waals surface area (Å²) in [5, 5.41) is 21.6. The van der Waals surface area contributed by atoms with Gasteiger partial charge in [-0.05, 0) is 43.5 Å². The zero-order chi connectivity index (χ0) is 21.4. The molecule has 1 aromatic heterocycles. The molecular weight excluding hydrogens is 386 g/mol. The monoisotopic (exact) mass is 415 g/mol. The molecule has 0 aliphatic carbocycles. The molecule has 1 aromatic carbocycles. The van der Waals surface area contributed by atoms with Crippen molar-refractivity contribution < 1.29 is 9.53 Å². The zero-order valence-electron chi connectivity index (χ0n) is 17.7. The maximum absolute atomic E-state index is 12.4. The van der Waals surface area contributed by atoms with E-state index in [2.05, 4.69) is 33.1 Å². The van der Waals surface area contributed by atoms with E-state index in [1.165, 1.54) is 11.8 Å². The summed E-state index contributed by atoms with van der Waals surface area (Å²) in [6.45, 7) is 8.48. The third-order valence-electron chi connectivity index (χ3n) is 4.92. The molecule has 1 N–H and O–H groups in total. The SMILES string of the molecule is CCCCn1c(SCC(=O)N[C@@](C)(C#N)C(C)C)nnc1-c1ccc(OC)cc1. The Morgan fingerprint density at radius 1 is 1.34 bits per heavy atom. The Labute approximate surface area is 176 Å². The molecule has 29 heavy (non-hydrogen) atoms. The minimum Gasteiger partial charge on any atom is -0.497 e. The van der Waals surface area contributed by atoms with Crippen LogP contribution in [-0.2, 0) is 11.3 Å². The van der Waals surface area contributed by atoms with Crippen molar-refractivity contribution in [3.05, 3.63) is 24.3 Å². The number of nitrogens with zero attached hydrogens (tertiary/aromatic N) is 4. The summed E-state index contributed by atoms with van der Waals surface area (Å²) in [4.78, 5) is 12.4. The van der Waals surface area contributed by atoms with Crippen LogP contribution in [0.2, 0.25) is 0 Å². The largest absolute Gasteiger partial charge is 0.497 e. The second-order valence-corrected chi connectivity index (χ2v) is 8.29. The van der Waals surface area contributed by atoms with Gasteiger partial charge in [0.15, 0.2) is 11.0 Å². The molecule has 0 unspecified atom stereocenters. The Morgan fingerprint density at radius 3 is 2.59 bits per heavy atom. The van der Waals surface area contributed by atoms with Crippen molar-refractivity contribution in [2.75, 3.05) is 12.9 Å². The highest BCUT2D eigenvalue weighted by atomic mass is 32.2. The molecule has 0 radical (unpaired) electrons. The van der Waals surface area contributed by atoms with Crippen molar-refractivity contribution in [2.24, 2.45) is 5.92 Å². The van der Waals surface area contributed by atoms with E-state index in [-0.39, 0.29) is 17.6 Å². The summed E-state index contributed by atoms with van der Waals surface area (Å²) in [6.07, 6.45) is 2.03.